The Morgan fingerprint density at radius 1 is 1.15 bits per heavy atom. The molecule has 11 atom stereocenters. The number of nitrogens with two attached hydrogens (primary N) is 3. The van der Waals surface area contributed by atoms with E-state index in [1.807, 2.05) is 13.0 Å². The van der Waals surface area contributed by atoms with Crippen LogP contribution in [-0.2, 0) is 18.9 Å². The molecule has 11 N–H and O–H groups in total. The molecule has 0 aromatic rings. The van der Waals surface area contributed by atoms with Gasteiger partial charge in [0.05, 0.1) is 25.2 Å². The van der Waals surface area contributed by atoms with Crippen LogP contribution in [0, 0.1) is 0 Å². The van der Waals surface area contributed by atoms with Crippen molar-refractivity contribution in [1.82, 2.24) is 10.6 Å². The quantitative estimate of drug-likeness (QED) is 0.151. The molecular formula is C21H42N5NaO7. The summed E-state index contributed by atoms with van der Waals surface area (Å²) in [5.41, 5.74) is 16.9. The minimum atomic E-state index is -1.28. The number of hydrogen-bond acceptors (Lipinski definition) is 12. The van der Waals surface area contributed by atoms with Gasteiger partial charge in [0.15, 0.2) is 6.29 Å². The number of likely N-dealkylation sites (N-methyl/N-ethyl adjacent to an activating group) is 2. The molecule has 0 radical (unpaired) electrons. The second kappa shape index (κ2) is 13.1. The fraction of sp³-hybridized carbons (Fsp3) is 0.905. The van der Waals surface area contributed by atoms with Crippen molar-refractivity contribution in [3.05, 3.63) is 11.8 Å². The van der Waals surface area contributed by atoms with Gasteiger partial charge in [-0.3, -0.25) is 0 Å². The fourth-order valence-corrected chi connectivity index (χ4v) is 4.86. The van der Waals surface area contributed by atoms with E-state index in [1.54, 1.807) is 14.0 Å². The molecule has 0 aromatic heterocycles. The van der Waals surface area contributed by atoms with Gasteiger partial charge in [-0.1, -0.05) is 6.92 Å². The first-order valence-electron chi connectivity index (χ1n) is 11.6. The first-order chi connectivity index (χ1) is 15.6. The third kappa shape index (κ3) is 6.69. The molecule has 12 nitrogen and oxygen atoms in total. The molecule has 0 aromatic carbocycles. The van der Waals surface area contributed by atoms with Crippen molar-refractivity contribution < 1.29 is 34.3 Å². The van der Waals surface area contributed by atoms with Crippen LogP contribution < -0.4 is 27.8 Å². The van der Waals surface area contributed by atoms with Gasteiger partial charge in [-0.15, -0.1) is 0 Å². The molecule has 3 rings (SSSR count). The first-order valence-corrected chi connectivity index (χ1v) is 11.6. The molecule has 1 aliphatic carbocycles. The summed E-state index contributed by atoms with van der Waals surface area (Å²) < 4.78 is 23.6. The monoisotopic (exact) mass is 499 g/mol. The molecule has 34 heavy (non-hydrogen) atoms. The van der Waals surface area contributed by atoms with Crippen LogP contribution in [0.4, 0.5) is 0 Å². The van der Waals surface area contributed by atoms with Gasteiger partial charge >= 0.3 is 29.6 Å². The van der Waals surface area contributed by atoms with Crippen LogP contribution in [-0.4, -0.2) is 138 Å². The van der Waals surface area contributed by atoms with E-state index in [0.29, 0.717) is 25.1 Å². The van der Waals surface area contributed by atoms with Crippen molar-refractivity contribution in [2.45, 2.75) is 93.5 Å². The normalized spacial score (nSPS) is 45.1. The number of nitrogens with one attached hydrogen (secondary N) is 2. The molecule has 2 unspecified atom stereocenters. The molecule has 1 saturated heterocycles. The van der Waals surface area contributed by atoms with Crippen molar-refractivity contribution in [2.75, 3.05) is 26.7 Å². The average Bonchev–Trinajstić information content (AvgIpc) is 2.76. The Morgan fingerprint density at radius 2 is 1.82 bits per heavy atom. The zero-order valence-corrected chi connectivity index (χ0v) is 19.6. The maximum atomic E-state index is 11.3. The third-order valence-electron chi connectivity index (χ3n) is 6.64. The Kier molecular flexibility index (Phi) is 11.6. The summed E-state index contributed by atoms with van der Waals surface area (Å²) in [5, 5.41) is 38.8. The second-order valence-electron chi connectivity index (χ2n) is 9.31. The first kappa shape index (κ1) is 30.3. The number of rotatable bonds is 8. The summed E-state index contributed by atoms with van der Waals surface area (Å²) in [6.45, 7) is 4.30. The maximum absolute atomic E-state index is 11.3. The number of hydrogen-bond donors (Lipinski definition) is 8. The van der Waals surface area contributed by atoms with Gasteiger partial charge in [0.2, 0.25) is 6.29 Å². The molecule has 2 fully saturated rings. The SMILES string of the molecule is CCN[C@@H]1C[C@H](N)[C@@H](OC2OC(CN)=CCC2N)[C@H](O)[C@H]1O[C@H]1OC[C@](C)(O)[C@H](NC)[C@H]1O.[NaH]. The van der Waals surface area contributed by atoms with E-state index in [-0.39, 0.29) is 48.8 Å². The standard InChI is InChI=1S/C21H41N5O7.Na.H/c1-4-26-13-7-12(24)16(32-19-11(23)6-5-10(8-22)31-19)14(27)17(13)33-20-15(28)18(25-3)21(2,29)9-30-20;;/h5,11-20,25-29H,4,6-9,22-24H2,1-3H3;;/t11?,12-,13+,14-,15+,16+,17-,18+,19?,20+,21-;;/m0../s1. The number of aliphatic hydroxyl groups excluding tert-OH is 2. The van der Waals surface area contributed by atoms with E-state index >= 15 is 0 Å². The molecule has 194 valence electrons. The van der Waals surface area contributed by atoms with Gasteiger partial charge in [-0.05, 0) is 39.4 Å². The summed E-state index contributed by atoms with van der Waals surface area (Å²) in [6.07, 6.45) is -3.05. The molecule has 13 heteroatoms. The van der Waals surface area contributed by atoms with Gasteiger partial charge in [-0.25, -0.2) is 0 Å². The van der Waals surface area contributed by atoms with Crippen LogP contribution in [0.5, 0.6) is 0 Å². The van der Waals surface area contributed by atoms with Gasteiger partial charge < -0.3 is 62.1 Å². The van der Waals surface area contributed by atoms with Crippen molar-refractivity contribution in [2.24, 2.45) is 17.2 Å². The molecule has 1 saturated carbocycles. The predicted octanol–water partition coefficient (Wildman–Crippen LogP) is -3.85. The minimum absolute atomic E-state index is 0. The Bertz CT molecular complexity index is 675. The summed E-state index contributed by atoms with van der Waals surface area (Å²) in [5.74, 6) is 0.572. The Hall–Kier alpha value is 0.1000. The predicted molar refractivity (Wildman–Crippen MR) is 127 cm³/mol. The van der Waals surface area contributed by atoms with E-state index < -0.39 is 60.7 Å². The van der Waals surface area contributed by atoms with Crippen LogP contribution in [0.25, 0.3) is 0 Å². The van der Waals surface area contributed by atoms with E-state index in [2.05, 4.69) is 10.6 Å². The zero-order valence-electron chi connectivity index (χ0n) is 19.6. The fourth-order valence-electron chi connectivity index (χ4n) is 4.86. The zero-order chi connectivity index (χ0) is 24.3. The molecule has 2 aliphatic heterocycles. The van der Waals surface area contributed by atoms with Gasteiger partial charge in [0, 0.05) is 12.1 Å². The summed E-state index contributed by atoms with van der Waals surface area (Å²) in [7, 11) is 1.64. The topological polar surface area (TPSA) is 200 Å². The molecule has 0 bridgehead atoms. The van der Waals surface area contributed by atoms with Gasteiger partial charge in [-0.2, -0.15) is 0 Å². The van der Waals surface area contributed by atoms with Crippen molar-refractivity contribution in [3.63, 3.8) is 0 Å². The van der Waals surface area contributed by atoms with Crippen LogP contribution in [0.1, 0.15) is 26.7 Å². The van der Waals surface area contributed by atoms with Crippen LogP contribution in [0.2, 0.25) is 0 Å². The third-order valence-corrected chi connectivity index (χ3v) is 6.64. The van der Waals surface area contributed by atoms with Crippen molar-refractivity contribution in [3.8, 4) is 0 Å². The average molecular weight is 500 g/mol. The number of ether oxygens (including phenoxy) is 4. The summed E-state index contributed by atoms with van der Waals surface area (Å²) >= 11 is 0. The summed E-state index contributed by atoms with van der Waals surface area (Å²) in [4.78, 5) is 0. The van der Waals surface area contributed by atoms with Gasteiger partial charge in [0.1, 0.15) is 35.8 Å². The Labute approximate surface area is 223 Å². The van der Waals surface area contributed by atoms with Crippen molar-refractivity contribution >= 4 is 29.6 Å². The summed E-state index contributed by atoms with van der Waals surface area (Å²) in [6, 6.07) is -1.95. The second-order valence-corrected chi connectivity index (χ2v) is 9.31. The molecule has 3 aliphatic rings. The van der Waals surface area contributed by atoms with Crippen LogP contribution >= 0.6 is 0 Å². The van der Waals surface area contributed by atoms with Crippen molar-refractivity contribution in [1.29, 1.82) is 0 Å². The van der Waals surface area contributed by atoms with E-state index in [1.165, 1.54) is 0 Å². The molecule has 0 amide bonds. The van der Waals surface area contributed by atoms with Crippen LogP contribution in [0.15, 0.2) is 11.8 Å². The number of aliphatic hydroxyl groups is 3. The van der Waals surface area contributed by atoms with Gasteiger partial charge in [0.25, 0.3) is 0 Å². The molecular weight excluding hydrogens is 457 g/mol. The van der Waals surface area contributed by atoms with Crippen LogP contribution in [0.3, 0.4) is 0 Å². The van der Waals surface area contributed by atoms with E-state index in [4.69, 9.17) is 36.1 Å². The van der Waals surface area contributed by atoms with E-state index in [9.17, 15) is 15.3 Å². The Morgan fingerprint density at radius 3 is 2.44 bits per heavy atom. The molecule has 2 heterocycles. The van der Waals surface area contributed by atoms with E-state index in [0.717, 1.165) is 0 Å². The Balaban J connectivity index is 0.00000408. The molecule has 0 spiro atoms.